The Kier molecular flexibility index (Phi) is 5.51. The Balaban J connectivity index is 1.89. The molecule has 1 aliphatic rings. The summed E-state index contributed by atoms with van der Waals surface area (Å²) >= 11 is 0. The Morgan fingerprint density at radius 2 is 2.04 bits per heavy atom. The molecule has 1 aliphatic heterocycles. The second kappa shape index (κ2) is 7.21. The molecule has 128 valence electrons. The van der Waals surface area contributed by atoms with Gasteiger partial charge in [-0.15, -0.1) is 0 Å². The van der Waals surface area contributed by atoms with Crippen LogP contribution in [0.1, 0.15) is 36.8 Å². The lowest BCUT2D eigenvalue weighted by Crippen LogP contribution is -2.45. The lowest BCUT2D eigenvalue weighted by Gasteiger charge is -2.24. The van der Waals surface area contributed by atoms with E-state index in [2.05, 4.69) is 5.32 Å². The summed E-state index contributed by atoms with van der Waals surface area (Å²) in [4.78, 5) is 13.7. The van der Waals surface area contributed by atoms with Gasteiger partial charge < -0.3 is 15.3 Å². The first kappa shape index (κ1) is 17.6. The molecule has 0 saturated carbocycles. The summed E-state index contributed by atoms with van der Waals surface area (Å²) in [5, 5.41) is 12.0. The average Bonchev–Trinajstić information content (AvgIpc) is 3.00. The van der Waals surface area contributed by atoms with E-state index in [4.69, 9.17) is 0 Å². The fraction of sp³-hybridized carbons (Fsp3) is 0.562. The predicted octanol–water partition coefficient (Wildman–Crippen LogP) is 2.98. The highest BCUT2D eigenvalue weighted by molar-refractivity contribution is 5.75. The second-order valence-electron chi connectivity index (χ2n) is 5.88. The minimum absolute atomic E-state index is 0.0537. The molecule has 2 rings (SSSR count). The Labute approximate surface area is 133 Å². The van der Waals surface area contributed by atoms with Crippen LogP contribution in [0.2, 0.25) is 0 Å². The highest BCUT2D eigenvalue weighted by atomic mass is 19.4. The van der Waals surface area contributed by atoms with Crippen molar-refractivity contribution in [2.24, 2.45) is 0 Å². The third-order valence-electron chi connectivity index (χ3n) is 4.22. The lowest BCUT2D eigenvalue weighted by molar-refractivity contribution is -0.137. The molecule has 0 radical (unpaired) electrons. The van der Waals surface area contributed by atoms with Gasteiger partial charge in [-0.2, -0.15) is 13.2 Å². The van der Waals surface area contributed by atoms with E-state index < -0.39 is 11.7 Å². The Morgan fingerprint density at radius 3 is 2.61 bits per heavy atom. The van der Waals surface area contributed by atoms with E-state index in [9.17, 15) is 23.1 Å². The van der Waals surface area contributed by atoms with E-state index in [0.29, 0.717) is 13.1 Å². The van der Waals surface area contributed by atoms with Crippen molar-refractivity contribution in [3.63, 3.8) is 0 Å². The second-order valence-corrected chi connectivity index (χ2v) is 5.88. The first-order chi connectivity index (χ1) is 10.8. The van der Waals surface area contributed by atoms with Gasteiger partial charge in [-0.3, -0.25) is 0 Å². The van der Waals surface area contributed by atoms with E-state index in [-0.39, 0.29) is 24.6 Å². The summed E-state index contributed by atoms with van der Waals surface area (Å²) in [5.41, 5.74) is 0.0544. The third-order valence-corrected chi connectivity index (χ3v) is 4.22. The number of benzene rings is 1. The molecule has 0 bridgehead atoms. The number of aliphatic hydroxyl groups excluding tert-OH is 1. The molecule has 4 nitrogen and oxygen atoms in total. The zero-order valence-corrected chi connectivity index (χ0v) is 12.9. The number of hydrogen-bond donors (Lipinski definition) is 2. The molecule has 7 heteroatoms. The molecule has 0 aromatic heterocycles. The van der Waals surface area contributed by atoms with Crippen molar-refractivity contribution in [3.8, 4) is 0 Å². The smallest absolute Gasteiger partial charge is 0.394 e. The van der Waals surface area contributed by atoms with Gasteiger partial charge in [0.15, 0.2) is 0 Å². The zero-order chi connectivity index (χ0) is 17.0. The van der Waals surface area contributed by atoms with Gasteiger partial charge in [0.1, 0.15) is 0 Å². The van der Waals surface area contributed by atoms with Crippen molar-refractivity contribution in [2.75, 3.05) is 19.7 Å². The number of halogens is 3. The molecule has 0 unspecified atom stereocenters. The largest absolute Gasteiger partial charge is 0.416 e. The molecule has 1 saturated heterocycles. The molecule has 1 aromatic rings. The van der Waals surface area contributed by atoms with Crippen molar-refractivity contribution in [2.45, 2.75) is 37.9 Å². The maximum absolute atomic E-state index is 12.5. The summed E-state index contributed by atoms with van der Waals surface area (Å²) in [6.07, 6.45) is -2.68. The van der Waals surface area contributed by atoms with Gasteiger partial charge in [0.25, 0.3) is 0 Å². The fourth-order valence-electron chi connectivity index (χ4n) is 2.75. The highest BCUT2D eigenvalue weighted by Crippen LogP contribution is 2.30. The molecule has 23 heavy (non-hydrogen) atoms. The molecule has 1 fully saturated rings. The van der Waals surface area contributed by atoms with Crippen LogP contribution in [0.4, 0.5) is 18.0 Å². The number of nitrogens with one attached hydrogen (secondary N) is 1. The Bertz CT molecular complexity index is 531. The number of amides is 2. The predicted molar refractivity (Wildman–Crippen MR) is 80.1 cm³/mol. The monoisotopic (exact) mass is 330 g/mol. The summed E-state index contributed by atoms with van der Waals surface area (Å²) in [6.45, 7) is 2.74. The first-order valence-corrected chi connectivity index (χ1v) is 7.65. The minimum atomic E-state index is -4.34. The van der Waals surface area contributed by atoms with E-state index >= 15 is 0 Å². The normalized spacial score (nSPS) is 19.7. The first-order valence-electron chi connectivity index (χ1n) is 7.65. The van der Waals surface area contributed by atoms with Crippen LogP contribution in [-0.4, -0.2) is 41.8 Å². The van der Waals surface area contributed by atoms with Crippen LogP contribution in [-0.2, 0) is 6.18 Å². The minimum Gasteiger partial charge on any atom is -0.394 e. The van der Waals surface area contributed by atoms with Gasteiger partial charge >= 0.3 is 12.2 Å². The van der Waals surface area contributed by atoms with Gasteiger partial charge in [0, 0.05) is 13.1 Å². The molecule has 2 amide bonds. The van der Waals surface area contributed by atoms with Crippen molar-refractivity contribution in [1.29, 1.82) is 0 Å². The number of aliphatic hydroxyl groups is 1. The number of nitrogens with zero attached hydrogens (tertiary/aromatic N) is 1. The zero-order valence-electron chi connectivity index (χ0n) is 12.9. The van der Waals surface area contributed by atoms with Gasteiger partial charge in [-0.05, 0) is 36.5 Å². The number of hydrogen-bond acceptors (Lipinski definition) is 2. The maximum atomic E-state index is 12.5. The van der Waals surface area contributed by atoms with Crippen LogP contribution in [0.3, 0.4) is 0 Å². The molecule has 0 aliphatic carbocycles. The standard InChI is InChI=1S/C16H21F3N2O2/c1-11(12-4-6-13(7-5-12)16(17,18)19)9-20-15(23)21-8-2-3-14(21)10-22/h4-7,11,14,22H,2-3,8-10H2,1H3,(H,20,23)/t11-,14+/m0/s1. The summed E-state index contributed by atoms with van der Waals surface area (Å²) in [7, 11) is 0. The van der Waals surface area contributed by atoms with Crippen LogP contribution in [0, 0.1) is 0 Å². The topological polar surface area (TPSA) is 52.6 Å². The van der Waals surface area contributed by atoms with Crippen molar-refractivity contribution in [3.05, 3.63) is 35.4 Å². The van der Waals surface area contributed by atoms with Gasteiger partial charge in [0.05, 0.1) is 18.2 Å². The van der Waals surface area contributed by atoms with Crippen LogP contribution in [0.5, 0.6) is 0 Å². The molecule has 1 heterocycles. The van der Waals surface area contributed by atoms with Gasteiger partial charge in [-0.25, -0.2) is 4.79 Å². The molecule has 2 atom stereocenters. The fourth-order valence-corrected chi connectivity index (χ4v) is 2.75. The van der Waals surface area contributed by atoms with Crippen molar-refractivity contribution >= 4 is 6.03 Å². The number of alkyl halides is 3. The molecule has 1 aromatic carbocycles. The highest BCUT2D eigenvalue weighted by Gasteiger charge is 2.30. The summed E-state index contributed by atoms with van der Waals surface area (Å²) in [6, 6.07) is 4.60. The number of carbonyl (C=O) groups excluding carboxylic acids is 1. The summed E-state index contributed by atoms with van der Waals surface area (Å²) in [5.74, 6) is -0.101. The number of carbonyl (C=O) groups is 1. The van der Waals surface area contributed by atoms with Crippen LogP contribution < -0.4 is 5.32 Å². The van der Waals surface area contributed by atoms with Crippen LogP contribution in [0.15, 0.2) is 24.3 Å². The van der Waals surface area contributed by atoms with E-state index in [0.717, 1.165) is 30.5 Å². The van der Waals surface area contributed by atoms with Gasteiger partial charge in [0.2, 0.25) is 0 Å². The van der Waals surface area contributed by atoms with Crippen molar-refractivity contribution in [1.82, 2.24) is 10.2 Å². The van der Waals surface area contributed by atoms with E-state index in [1.54, 1.807) is 4.90 Å². The molecular weight excluding hydrogens is 309 g/mol. The Morgan fingerprint density at radius 1 is 1.39 bits per heavy atom. The SMILES string of the molecule is C[C@@H](CNC(=O)N1CCC[C@@H]1CO)c1ccc(C(F)(F)F)cc1. The average molecular weight is 330 g/mol. The van der Waals surface area contributed by atoms with Crippen LogP contribution in [0.25, 0.3) is 0 Å². The van der Waals surface area contributed by atoms with E-state index in [1.807, 2.05) is 6.92 Å². The number of rotatable bonds is 4. The number of likely N-dealkylation sites (tertiary alicyclic amines) is 1. The van der Waals surface area contributed by atoms with Crippen molar-refractivity contribution < 1.29 is 23.1 Å². The van der Waals surface area contributed by atoms with Crippen LogP contribution >= 0.6 is 0 Å². The third kappa shape index (κ3) is 4.37. The lowest BCUT2D eigenvalue weighted by atomic mass is 10.00. The summed E-state index contributed by atoms with van der Waals surface area (Å²) < 4.78 is 37.6. The van der Waals surface area contributed by atoms with Gasteiger partial charge in [-0.1, -0.05) is 19.1 Å². The van der Waals surface area contributed by atoms with E-state index in [1.165, 1.54) is 12.1 Å². The quantitative estimate of drug-likeness (QED) is 0.892. The Hall–Kier alpha value is -1.76. The maximum Gasteiger partial charge on any atom is 0.416 e. The molecule has 2 N–H and O–H groups in total. The molecular formula is C16H21F3N2O2. The number of urea groups is 1. The molecule has 0 spiro atoms.